The molecule has 4 heterocycles. The van der Waals surface area contributed by atoms with Gasteiger partial charge in [-0.1, -0.05) is 35.9 Å². The number of aryl methyl sites for hydroxylation is 1. The Labute approximate surface area is 138 Å². The van der Waals surface area contributed by atoms with Crippen molar-refractivity contribution >= 4 is 27.3 Å². The zero-order chi connectivity index (χ0) is 14.4. The van der Waals surface area contributed by atoms with E-state index >= 15 is 0 Å². The van der Waals surface area contributed by atoms with Crippen LogP contribution in [-0.2, 0) is 15.1 Å². The van der Waals surface area contributed by atoms with Crippen molar-refractivity contribution in [1.82, 2.24) is 14.7 Å². The maximum atomic E-state index is 4.85. The van der Waals surface area contributed by atoms with Crippen LogP contribution in [0.25, 0.3) is 0 Å². The summed E-state index contributed by atoms with van der Waals surface area (Å²) in [5.74, 6) is 0. The molecule has 0 atom stereocenters. The van der Waals surface area contributed by atoms with Crippen LogP contribution in [0.1, 0.15) is 5.56 Å². The molecule has 3 nitrogen and oxygen atoms in total. The van der Waals surface area contributed by atoms with Gasteiger partial charge >= 0.3 is 34.5 Å². The molecule has 0 aromatic heterocycles. The minimum atomic E-state index is -0.346. The van der Waals surface area contributed by atoms with Crippen molar-refractivity contribution in [2.24, 2.45) is 0 Å². The molecule has 1 aromatic rings. The van der Waals surface area contributed by atoms with E-state index in [2.05, 4.69) is 33.8 Å². The van der Waals surface area contributed by atoms with E-state index in [4.69, 9.17) is 19.4 Å². The van der Waals surface area contributed by atoms with Crippen molar-refractivity contribution in [3.63, 3.8) is 0 Å². The molecule has 4 aliphatic heterocycles. The fourth-order valence-electron chi connectivity index (χ4n) is 2.92. The molecule has 0 N–H and O–H groups in total. The fourth-order valence-corrected chi connectivity index (χ4v) is 5.71. The van der Waals surface area contributed by atoms with E-state index in [1.807, 2.05) is 18.2 Å². The van der Waals surface area contributed by atoms with Crippen LogP contribution >= 0.6 is 27.3 Å². The second kappa shape index (κ2) is 9.00. The van der Waals surface area contributed by atoms with Crippen LogP contribution in [0, 0.1) is 6.92 Å². The van der Waals surface area contributed by atoms with Crippen LogP contribution in [0.4, 0.5) is 0 Å². The average Bonchev–Trinajstić information content (AvgIpc) is 2.39. The van der Waals surface area contributed by atoms with Crippen LogP contribution in [0.3, 0.4) is 0 Å². The quantitative estimate of drug-likeness (QED) is 0.470. The Morgan fingerprint density at radius 3 is 1.55 bits per heavy atom. The van der Waals surface area contributed by atoms with Gasteiger partial charge in [0, 0.05) is 7.92 Å². The first-order valence-corrected chi connectivity index (χ1v) is 13.2. The first-order chi connectivity index (χ1) is 9.71. The molecule has 0 unspecified atom stereocenters. The number of halogens is 2. The Morgan fingerprint density at radius 1 is 0.900 bits per heavy atom. The predicted molar refractivity (Wildman–Crippen MR) is 85.9 cm³/mol. The second-order valence-electron chi connectivity index (χ2n) is 5.37. The number of benzene rings is 1. The van der Waals surface area contributed by atoms with E-state index in [9.17, 15) is 0 Å². The Hall–Kier alpha value is 0.733. The summed E-state index contributed by atoms with van der Waals surface area (Å²) in [6, 6.07) is 10.3. The summed E-state index contributed by atoms with van der Waals surface area (Å²) >= 11 is -0.346. The molecule has 114 valence electrons. The maximum absolute atomic E-state index is 4.85. The van der Waals surface area contributed by atoms with E-state index in [0.29, 0.717) is 0 Å². The normalized spacial score (nSPS) is 33.0. The molecular weight excluding hydrogens is 401 g/mol. The zero-order valence-corrected chi connectivity index (χ0v) is 15.8. The third-order valence-electron chi connectivity index (χ3n) is 3.48. The van der Waals surface area contributed by atoms with E-state index < -0.39 is 0 Å². The van der Waals surface area contributed by atoms with Crippen molar-refractivity contribution in [2.75, 3.05) is 38.9 Å². The third-order valence-corrected chi connectivity index (χ3v) is 6.17. The van der Waals surface area contributed by atoms with E-state index in [0.717, 1.165) is 0 Å². The van der Waals surface area contributed by atoms with Gasteiger partial charge in [-0.3, -0.25) is 0 Å². The standard InChI is InChI=1S/C7H8.C6H12N3P.2ClH.Ru/c1-7-5-3-2-4-6-7;1-7-2-9-3-8(1)5-10(4-7)6-9;;;/h2-6H,1H3;1-6H2;2*1H;/q;;;;+2/p-1. The Bertz CT molecular complexity index is 340. The molecule has 7 heteroatoms. The van der Waals surface area contributed by atoms with E-state index in [1.54, 1.807) is 0 Å². The van der Waals surface area contributed by atoms with Gasteiger partial charge in [-0.25, -0.2) is 14.7 Å². The van der Waals surface area contributed by atoms with Crippen molar-refractivity contribution in [1.29, 1.82) is 0 Å². The van der Waals surface area contributed by atoms with Crippen LogP contribution in [0.2, 0.25) is 0 Å². The van der Waals surface area contributed by atoms with Crippen molar-refractivity contribution in [3.05, 3.63) is 35.9 Å². The molecule has 0 spiro atoms. The molecule has 4 saturated heterocycles. The SMILES string of the molecule is C1N2CN3CN1C[PH+](C2)C3.Cc1ccccc1.[Cl][Ru][Cl]. The first kappa shape index (κ1) is 17.1. The monoisotopic (exact) mass is 422 g/mol. The molecular formula is C13H21Cl2N3PRu+. The van der Waals surface area contributed by atoms with Crippen LogP contribution in [-0.4, -0.2) is 53.6 Å². The van der Waals surface area contributed by atoms with Gasteiger partial charge in [0.2, 0.25) is 0 Å². The summed E-state index contributed by atoms with van der Waals surface area (Å²) in [6.45, 7) is 5.85. The Morgan fingerprint density at radius 2 is 1.30 bits per heavy atom. The molecule has 1 aromatic carbocycles. The molecule has 4 fully saturated rings. The number of hydrogen-bond donors (Lipinski definition) is 0. The third kappa shape index (κ3) is 5.50. The summed E-state index contributed by atoms with van der Waals surface area (Å²) in [4.78, 5) is 7.76. The topological polar surface area (TPSA) is 9.72 Å². The molecule has 0 aliphatic carbocycles. The van der Waals surface area contributed by atoms with E-state index in [1.165, 1.54) is 44.4 Å². The van der Waals surface area contributed by atoms with Crippen molar-refractivity contribution in [3.8, 4) is 0 Å². The van der Waals surface area contributed by atoms with E-state index in [-0.39, 0.29) is 23.1 Å². The van der Waals surface area contributed by atoms with Gasteiger partial charge in [0.1, 0.15) is 18.9 Å². The van der Waals surface area contributed by atoms with Gasteiger partial charge in [0.25, 0.3) is 0 Å². The number of hydrogen-bond acceptors (Lipinski definition) is 3. The van der Waals surface area contributed by atoms with Gasteiger partial charge in [0.15, 0.2) is 0 Å². The summed E-state index contributed by atoms with van der Waals surface area (Å²) in [7, 11) is 9.74. The fraction of sp³-hybridized carbons (Fsp3) is 0.538. The second-order valence-corrected chi connectivity index (χ2v) is 10.5. The van der Waals surface area contributed by atoms with Gasteiger partial charge in [-0.2, -0.15) is 0 Å². The number of nitrogens with zero attached hydrogens (tertiary/aromatic N) is 3. The van der Waals surface area contributed by atoms with Crippen LogP contribution in [0.15, 0.2) is 30.3 Å². The van der Waals surface area contributed by atoms with Crippen molar-refractivity contribution < 1.29 is 15.1 Å². The molecule has 4 bridgehead atoms. The molecule has 4 aliphatic rings. The van der Waals surface area contributed by atoms with Crippen molar-refractivity contribution in [2.45, 2.75) is 6.92 Å². The predicted octanol–water partition coefficient (Wildman–Crippen LogP) is 3.26. The van der Waals surface area contributed by atoms with Gasteiger partial charge in [0.05, 0.1) is 20.0 Å². The Balaban J connectivity index is 0.000000130. The van der Waals surface area contributed by atoms with Crippen LogP contribution in [0.5, 0.6) is 0 Å². The zero-order valence-electron chi connectivity index (χ0n) is 11.6. The molecule has 5 rings (SSSR count). The summed E-state index contributed by atoms with van der Waals surface area (Å²) in [5.41, 5.74) is 1.32. The van der Waals surface area contributed by atoms with Crippen LogP contribution < -0.4 is 0 Å². The molecule has 0 saturated carbocycles. The van der Waals surface area contributed by atoms with Gasteiger partial charge in [-0.05, 0) is 6.92 Å². The summed E-state index contributed by atoms with van der Waals surface area (Å²) in [6.07, 6.45) is 4.37. The summed E-state index contributed by atoms with van der Waals surface area (Å²) in [5, 5.41) is 0. The summed E-state index contributed by atoms with van der Waals surface area (Å²) < 4.78 is 0. The van der Waals surface area contributed by atoms with Gasteiger partial charge in [-0.15, -0.1) is 0 Å². The molecule has 0 radical (unpaired) electrons. The Kier molecular flexibility index (Phi) is 7.70. The molecule has 0 amide bonds. The average molecular weight is 422 g/mol. The first-order valence-electron chi connectivity index (χ1n) is 6.58. The molecule has 20 heavy (non-hydrogen) atoms. The number of rotatable bonds is 0. The van der Waals surface area contributed by atoms with Gasteiger partial charge < -0.3 is 0 Å². The minimum absolute atomic E-state index is 0.0297.